The predicted molar refractivity (Wildman–Crippen MR) is 110 cm³/mol. The molecule has 0 radical (unpaired) electrons. The SMILES string of the molecule is CSCCC(NC(=O)C(NC(=O)C(CC(C)C)NC(=O)CN)C(C)C)C(=O)O. The number of nitrogens with one attached hydrogen (secondary N) is 3. The van der Waals surface area contributed by atoms with E-state index in [0.29, 0.717) is 12.2 Å². The Balaban J connectivity index is 5.22. The lowest BCUT2D eigenvalue weighted by Gasteiger charge is -2.27. The maximum absolute atomic E-state index is 12.7. The molecule has 3 amide bonds. The van der Waals surface area contributed by atoms with Crippen LogP contribution in [0.4, 0.5) is 0 Å². The molecule has 0 aliphatic rings. The van der Waals surface area contributed by atoms with Crippen LogP contribution in [0.25, 0.3) is 0 Å². The zero-order valence-electron chi connectivity index (χ0n) is 17.3. The van der Waals surface area contributed by atoms with E-state index in [4.69, 9.17) is 5.73 Å². The topological polar surface area (TPSA) is 151 Å². The monoisotopic (exact) mass is 418 g/mol. The van der Waals surface area contributed by atoms with Crippen molar-refractivity contribution >= 4 is 35.5 Å². The zero-order valence-corrected chi connectivity index (χ0v) is 18.1. The number of nitrogens with two attached hydrogens (primary N) is 1. The van der Waals surface area contributed by atoms with Crippen molar-refractivity contribution in [2.45, 2.75) is 58.7 Å². The van der Waals surface area contributed by atoms with Crippen LogP contribution in [0, 0.1) is 11.8 Å². The summed E-state index contributed by atoms with van der Waals surface area (Å²) in [6.07, 6.45) is 2.52. The molecule has 0 aromatic heterocycles. The van der Waals surface area contributed by atoms with Crippen LogP contribution in [0.1, 0.15) is 40.5 Å². The molecule has 0 aromatic carbocycles. The second-order valence-electron chi connectivity index (χ2n) is 7.36. The lowest BCUT2D eigenvalue weighted by atomic mass is 9.99. The maximum Gasteiger partial charge on any atom is 0.326 e. The largest absolute Gasteiger partial charge is 0.480 e. The minimum absolute atomic E-state index is 0.128. The van der Waals surface area contributed by atoms with Crippen LogP contribution in [0.15, 0.2) is 0 Å². The highest BCUT2D eigenvalue weighted by Gasteiger charge is 2.31. The molecule has 0 spiro atoms. The van der Waals surface area contributed by atoms with Gasteiger partial charge in [0, 0.05) is 0 Å². The molecule has 10 heteroatoms. The van der Waals surface area contributed by atoms with E-state index in [0.717, 1.165) is 0 Å². The fourth-order valence-electron chi connectivity index (χ4n) is 2.50. The van der Waals surface area contributed by atoms with Gasteiger partial charge in [0.15, 0.2) is 0 Å². The number of thioether (sulfide) groups is 1. The van der Waals surface area contributed by atoms with Crippen molar-refractivity contribution in [1.82, 2.24) is 16.0 Å². The number of hydrogen-bond acceptors (Lipinski definition) is 6. The Morgan fingerprint density at radius 3 is 2.00 bits per heavy atom. The predicted octanol–water partition coefficient (Wildman–Crippen LogP) is -0.0607. The number of carbonyl (C=O) groups is 4. The number of amides is 3. The van der Waals surface area contributed by atoms with Gasteiger partial charge in [0.25, 0.3) is 0 Å². The molecule has 0 aliphatic carbocycles. The quantitative estimate of drug-likeness (QED) is 0.281. The maximum atomic E-state index is 12.7. The van der Waals surface area contributed by atoms with E-state index < -0.39 is 41.8 Å². The van der Waals surface area contributed by atoms with Crippen LogP contribution >= 0.6 is 11.8 Å². The van der Waals surface area contributed by atoms with Gasteiger partial charge in [0.05, 0.1) is 6.54 Å². The Hall–Kier alpha value is -1.81. The number of rotatable bonds is 13. The number of carboxylic acid groups (broad SMARTS) is 1. The van der Waals surface area contributed by atoms with Crippen molar-refractivity contribution in [2.24, 2.45) is 17.6 Å². The summed E-state index contributed by atoms with van der Waals surface area (Å²) in [5, 5.41) is 17.0. The molecule has 28 heavy (non-hydrogen) atoms. The highest BCUT2D eigenvalue weighted by atomic mass is 32.2. The summed E-state index contributed by atoms with van der Waals surface area (Å²) < 4.78 is 0. The third kappa shape index (κ3) is 9.93. The first-order valence-corrected chi connectivity index (χ1v) is 10.7. The lowest BCUT2D eigenvalue weighted by Crippen LogP contribution is -2.58. The summed E-state index contributed by atoms with van der Waals surface area (Å²) in [4.78, 5) is 48.3. The first kappa shape index (κ1) is 26.2. The van der Waals surface area contributed by atoms with Crippen molar-refractivity contribution in [3.63, 3.8) is 0 Å². The minimum atomic E-state index is -1.12. The van der Waals surface area contributed by atoms with Gasteiger partial charge in [-0.15, -0.1) is 0 Å². The highest BCUT2D eigenvalue weighted by molar-refractivity contribution is 7.98. The van der Waals surface area contributed by atoms with E-state index in [1.54, 1.807) is 13.8 Å². The van der Waals surface area contributed by atoms with Crippen LogP contribution in [0.2, 0.25) is 0 Å². The Morgan fingerprint density at radius 1 is 0.964 bits per heavy atom. The summed E-state index contributed by atoms with van der Waals surface area (Å²) in [5.74, 6) is -2.21. The van der Waals surface area contributed by atoms with Crippen LogP contribution in [-0.2, 0) is 19.2 Å². The van der Waals surface area contributed by atoms with Gasteiger partial charge in [0.2, 0.25) is 17.7 Å². The molecule has 162 valence electrons. The fraction of sp³-hybridized carbons (Fsp3) is 0.778. The normalized spacial score (nSPS) is 14.3. The van der Waals surface area contributed by atoms with Gasteiger partial charge in [-0.1, -0.05) is 27.7 Å². The first-order chi connectivity index (χ1) is 13.0. The van der Waals surface area contributed by atoms with Crippen molar-refractivity contribution < 1.29 is 24.3 Å². The van der Waals surface area contributed by atoms with E-state index in [2.05, 4.69) is 16.0 Å². The van der Waals surface area contributed by atoms with Gasteiger partial charge in [-0.3, -0.25) is 14.4 Å². The van der Waals surface area contributed by atoms with Crippen molar-refractivity contribution in [1.29, 1.82) is 0 Å². The molecule has 6 N–H and O–H groups in total. The van der Waals surface area contributed by atoms with Crippen LogP contribution in [0.3, 0.4) is 0 Å². The van der Waals surface area contributed by atoms with E-state index in [1.807, 2.05) is 20.1 Å². The molecule has 0 aromatic rings. The van der Waals surface area contributed by atoms with Gasteiger partial charge >= 0.3 is 5.97 Å². The van der Waals surface area contributed by atoms with Crippen LogP contribution < -0.4 is 21.7 Å². The van der Waals surface area contributed by atoms with Crippen molar-refractivity contribution in [3.05, 3.63) is 0 Å². The average Bonchev–Trinajstić information content (AvgIpc) is 2.60. The fourth-order valence-corrected chi connectivity index (χ4v) is 2.97. The summed E-state index contributed by atoms with van der Waals surface area (Å²) in [6.45, 7) is 7.07. The second kappa shape index (κ2) is 13.4. The summed E-state index contributed by atoms with van der Waals surface area (Å²) in [7, 11) is 0. The minimum Gasteiger partial charge on any atom is -0.480 e. The molecular weight excluding hydrogens is 384 g/mol. The molecule has 0 heterocycles. The Morgan fingerprint density at radius 2 is 1.57 bits per heavy atom. The molecular formula is C18H34N4O5S. The summed E-state index contributed by atoms with van der Waals surface area (Å²) in [5.41, 5.74) is 5.31. The van der Waals surface area contributed by atoms with Crippen LogP contribution in [-0.4, -0.2) is 65.5 Å². The van der Waals surface area contributed by atoms with Crippen molar-refractivity contribution in [3.8, 4) is 0 Å². The molecule has 0 rings (SSSR count). The second-order valence-corrected chi connectivity index (χ2v) is 8.35. The number of carboxylic acids is 1. The lowest BCUT2D eigenvalue weighted by molar-refractivity contribution is -0.142. The van der Waals surface area contributed by atoms with E-state index in [1.165, 1.54) is 11.8 Å². The standard InChI is InChI=1S/C18H34N4O5S/c1-10(2)8-13(20-14(23)9-19)16(24)22-15(11(3)4)17(25)21-12(18(26)27)6-7-28-5/h10-13,15H,6-9,19H2,1-5H3,(H,20,23)(H,21,25)(H,22,24)(H,26,27). The zero-order chi connectivity index (χ0) is 21.9. The molecule has 0 saturated heterocycles. The molecule has 0 saturated carbocycles. The summed E-state index contributed by atoms with van der Waals surface area (Å²) >= 11 is 1.48. The molecule has 0 bridgehead atoms. The Bertz CT molecular complexity index is 542. The number of aliphatic carboxylic acids is 1. The van der Waals surface area contributed by atoms with E-state index in [-0.39, 0.29) is 24.8 Å². The molecule has 9 nitrogen and oxygen atoms in total. The molecule has 0 fully saturated rings. The highest BCUT2D eigenvalue weighted by Crippen LogP contribution is 2.09. The van der Waals surface area contributed by atoms with Gasteiger partial charge in [-0.05, 0) is 36.7 Å². The van der Waals surface area contributed by atoms with Gasteiger partial charge in [-0.2, -0.15) is 11.8 Å². The van der Waals surface area contributed by atoms with E-state index >= 15 is 0 Å². The molecule has 0 aliphatic heterocycles. The Labute approximate surface area is 170 Å². The van der Waals surface area contributed by atoms with Gasteiger partial charge in [0.1, 0.15) is 18.1 Å². The van der Waals surface area contributed by atoms with Gasteiger partial charge < -0.3 is 26.8 Å². The Kier molecular flexibility index (Phi) is 12.5. The molecule has 3 atom stereocenters. The first-order valence-electron chi connectivity index (χ1n) is 9.35. The molecule has 3 unspecified atom stereocenters. The summed E-state index contributed by atoms with van der Waals surface area (Å²) in [6, 6.07) is -2.77. The van der Waals surface area contributed by atoms with Gasteiger partial charge in [-0.25, -0.2) is 4.79 Å². The third-order valence-corrected chi connectivity index (χ3v) is 4.66. The number of hydrogen-bond donors (Lipinski definition) is 5. The average molecular weight is 419 g/mol. The van der Waals surface area contributed by atoms with Crippen molar-refractivity contribution in [2.75, 3.05) is 18.6 Å². The van der Waals surface area contributed by atoms with E-state index in [9.17, 15) is 24.3 Å². The smallest absolute Gasteiger partial charge is 0.326 e. The third-order valence-electron chi connectivity index (χ3n) is 4.02. The van der Waals surface area contributed by atoms with Crippen LogP contribution in [0.5, 0.6) is 0 Å². The number of carbonyl (C=O) groups excluding carboxylic acids is 3.